The lowest BCUT2D eigenvalue weighted by Gasteiger charge is -2.27. The van der Waals surface area contributed by atoms with Crippen LogP contribution in [-0.4, -0.2) is 45.4 Å². The van der Waals surface area contributed by atoms with Crippen LogP contribution in [0.5, 0.6) is 0 Å². The zero-order chi connectivity index (χ0) is 11.0. The molecule has 5 heteroatoms. The van der Waals surface area contributed by atoms with Crippen molar-refractivity contribution < 1.29 is 14.3 Å². The van der Waals surface area contributed by atoms with Gasteiger partial charge in [0.2, 0.25) is 5.91 Å². The summed E-state index contributed by atoms with van der Waals surface area (Å²) >= 11 is 0. The quantitative estimate of drug-likeness (QED) is 0.523. The predicted octanol–water partition coefficient (Wildman–Crippen LogP) is -0.497. The van der Waals surface area contributed by atoms with Crippen LogP contribution in [0.15, 0.2) is 0 Å². The molecule has 0 fully saturated rings. The van der Waals surface area contributed by atoms with Crippen molar-refractivity contribution in [1.82, 2.24) is 5.32 Å². The van der Waals surface area contributed by atoms with Gasteiger partial charge in [-0.3, -0.25) is 4.79 Å². The van der Waals surface area contributed by atoms with Gasteiger partial charge in [0.25, 0.3) is 0 Å². The predicted molar refractivity (Wildman–Crippen MR) is 54.0 cm³/mol. The van der Waals surface area contributed by atoms with Crippen LogP contribution in [0.1, 0.15) is 13.3 Å². The molecule has 5 nitrogen and oxygen atoms in total. The minimum absolute atomic E-state index is 0.370. The molecule has 0 aromatic heterocycles. The fourth-order valence-corrected chi connectivity index (χ4v) is 1.03. The van der Waals surface area contributed by atoms with Gasteiger partial charge in [0.05, 0.1) is 12.1 Å². The van der Waals surface area contributed by atoms with Gasteiger partial charge in [-0.25, -0.2) is 0 Å². The first-order valence-electron chi connectivity index (χ1n) is 4.59. The molecule has 1 atom stereocenters. The summed E-state index contributed by atoms with van der Waals surface area (Å²) in [5.74, 6) is -0.370. The number of nitrogens with one attached hydrogen (secondary N) is 1. The van der Waals surface area contributed by atoms with E-state index in [0.29, 0.717) is 26.2 Å². The summed E-state index contributed by atoms with van der Waals surface area (Å²) in [6.07, 6.45) is 0.558. The number of amides is 1. The highest BCUT2D eigenvalue weighted by Gasteiger charge is 2.29. The van der Waals surface area contributed by atoms with Crippen LogP contribution < -0.4 is 11.1 Å². The second kappa shape index (κ2) is 6.75. The summed E-state index contributed by atoms with van der Waals surface area (Å²) in [6.45, 7) is 3.42. The number of ether oxygens (including phenoxy) is 2. The summed E-state index contributed by atoms with van der Waals surface area (Å²) in [5.41, 5.74) is 4.58. The van der Waals surface area contributed by atoms with Gasteiger partial charge in [0.15, 0.2) is 0 Å². The zero-order valence-corrected chi connectivity index (χ0v) is 9.13. The fourth-order valence-electron chi connectivity index (χ4n) is 1.03. The average molecular weight is 204 g/mol. The average Bonchev–Trinajstić information content (AvgIpc) is 2.15. The minimum Gasteiger partial charge on any atom is -0.385 e. The molecule has 0 saturated carbocycles. The van der Waals surface area contributed by atoms with Crippen molar-refractivity contribution in [2.75, 3.05) is 34.0 Å². The van der Waals surface area contributed by atoms with E-state index in [4.69, 9.17) is 15.2 Å². The van der Waals surface area contributed by atoms with Crippen molar-refractivity contribution in [1.29, 1.82) is 0 Å². The third-order valence-electron chi connectivity index (χ3n) is 2.17. The number of rotatable bonds is 8. The van der Waals surface area contributed by atoms with Gasteiger partial charge >= 0.3 is 0 Å². The molecule has 0 spiro atoms. The summed E-state index contributed by atoms with van der Waals surface area (Å²) in [5, 5.41) is 3.05. The van der Waals surface area contributed by atoms with Crippen LogP contribution in [-0.2, 0) is 14.3 Å². The van der Waals surface area contributed by atoms with Crippen molar-refractivity contribution in [3.8, 4) is 0 Å². The van der Waals surface area contributed by atoms with E-state index in [9.17, 15) is 4.79 Å². The smallest absolute Gasteiger partial charge is 0.237 e. The Balaban J connectivity index is 4.03. The highest BCUT2D eigenvalue weighted by Crippen LogP contribution is 2.08. The molecule has 0 aliphatic heterocycles. The summed E-state index contributed by atoms with van der Waals surface area (Å²) in [6, 6.07) is 0. The summed E-state index contributed by atoms with van der Waals surface area (Å²) in [7, 11) is 3.20. The van der Waals surface area contributed by atoms with E-state index >= 15 is 0 Å². The van der Waals surface area contributed by atoms with Crippen molar-refractivity contribution in [3.05, 3.63) is 0 Å². The van der Waals surface area contributed by atoms with Gasteiger partial charge in [0.1, 0.15) is 0 Å². The first-order valence-corrected chi connectivity index (χ1v) is 4.59. The number of hydrogen-bond acceptors (Lipinski definition) is 4. The van der Waals surface area contributed by atoms with Crippen LogP contribution in [0.25, 0.3) is 0 Å². The van der Waals surface area contributed by atoms with Crippen LogP contribution in [0.2, 0.25) is 0 Å². The van der Waals surface area contributed by atoms with Crippen molar-refractivity contribution in [3.63, 3.8) is 0 Å². The lowest BCUT2D eigenvalue weighted by molar-refractivity contribution is -0.124. The van der Waals surface area contributed by atoms with E-state index in [1.54, 1.807) is 21.1 Å². The van der Waals surface area contributed by atoms with E-state index < -0.39 is 5.54 Å². The van der Waals surface area contributed by atoms with Crippen LogP contribution in [0, 0.1) is 0 Å². The monoisotopic (exact) mass is 204 g/mol. The molecule has 0 aliphatic rings. The van der Waals surface area contributed by atoms with E-state index in [2.05, 4.69) is 5.32 Å². The summed E-state index contributed by atoms with van der Waals surface area (Å²) < 4.78 is 9.79. The molecule has 0 aromatic rings. The maximum atomic E-state index is 11.2. The van der Waals surface area contributed by atoms with E-state index in [0.717, 1.165) is 0 Å². The third-order valence-corrected chi connectivity index (χ3v) is 2.17. The van der Waals surface area contributed by atoms with Crippen LogP contribution in [0.3, 0.4) is 0 Å². The number of primary amides is 1. The van der Waals surface area contributed by atoms with Crippen molar-refractivity contribution in [2.45, 2.75) is 18.9 Å². The first-order chi connectivity index (χ1) is 6.56. The molecule has 0 radical (unpaired) electrons. The maximum Gasteiger partial charge on any atom is 0.237 e. The number of carbonyl (C=O) groups excluding carboxylic acids is 1. The molecule has 0 saturated heterocycles. The van der Waals surface area contributed by atoms with Crippen molar-refractivity contribution >= 4 is 5.91 Å². The Morgan fingerprint density at radius 2 is 1.93 bits per heavy atom. The Morgan fingerprint density at radius 3 is 2.36 bits per heavy atom. The topological polar surface area (TPSA) is 73.6 Å². The molecular weight excluding hydrogens is 184 g/mol. The highest BCUT2D eigenvalue weighted by atomic mass is 16.5. The molecule has 84 valence electrons. The number of nitrogens with two attached hydrogens (primary N) is 1. The first kappa shape index (κ1) is 13.4. The van der Waals surface area contributed by atoms with Gasteiger partial charge in [0, 0.05) is 27.4 Å². The SMILES string of the molecule is COCCNC(C)(CCOC)C(N)=O. The van der Waals surface area contributed by atoms with Gasteiger partial charge < -0.3 is 20.5 Å². The molecule has 3 N–H and O–H groups in total. The largest absolute Gasteiger partial charge is 0.385 e. The van der Waals surface area contributed by atoms with Crippen LogP contribution >= 0.6 is 0 Å². The number of hydrogen-bond donors (Lipinski definition) is 2. The molecular formula is C9H20N2O3. The number of carbonyl (C=O) groups is 1. The maximum absolute atomic E-state index is 11.2. The molecule has 14 heavy (non-hydrogen) atoms. The highest BCUT2D eigenvalue weighted by molar-refractivity contribution is 5.84. The fraction of sp³-hybridized carbons (Fsp3) is 0.889. The Hall–Kier alpha value is -0.650. The molecule has 1 amide bonds. The lowest BCUT2D eigenvalue weighted by atomic mass is 9.97. The van der Waals surface area contributed by atoms with Gasteiger partial charge in [-0.1, -0.05) is 0 Å². The standard InChI is InChI=1S/C9H20N2O3/c1-9(8(10)12,4-6-13-2)11-5-7-14-3/h11H,4-7H2,1-3H3,(H2,10,12). The van der Waals surface area contributed by atoms with Crippen molar-refractivity contribution in [2.24, 2.45) is 5.73 Å². The molecule has 0 rings (SSSR count). The molecule has 0 aliphatic carbocycles. The minimum atomic E-state index is -0.714. The Bertz CT molecular complexity index is 175. The molecule has 0 bridgehead atoms. The van der Waals surface area contributed by atoms with E-state index in [1.165, 1.54) is 0 Å². The normalized spacial score (nSPS) is 15.1. The Morgan fingerprint density at radius 1 is 1.36 bits per heavy atom. The molecule has 0 aromatic carbocycles. The third kappa shape index (κ3) is 4.55. The zero-order valence-electron chi connectivity index (χ0n) is 9.13. The second-order valence-electron chi connectivity index (χ2n) is 3.36. The van der Waals surface area contributed by atoms with E-state index in [1.807, 2.05) is 0 Å². The van der Waals surface area contributed by atoms with Gasteiger partial charge in [-0.2, -0.15) is 0 Å². The van der Waals surface area contributed by atoms with Gasteiger partial charge in [-0.15, -0.1) is 0 Å². The Kier molecular flexibility index (Phi) is 6.44. The second-order valence-corrected chi connectivity index (χ2v) is 3.36. The molecule has 1 unspecified atom stereocenters. The Labute approximate surface area is 84.9 Å². The van der Waals surface area contributed by atoms with Crippen LogP contribution in [0.4, 0.5) is 0 Å². The number of methoxy groups -OCH3 is 2. The lowest BCUT2D eigenvalue weighted by Crippen LogP contribution is -2.54. The molecule has 0 heterocycles. The summed E-state index contributed by atoms with van der Waals surface area (Å²) in [4.78, 5) is 11.2. The van der Waals surface area contributed by atoms with Gasteiger partial charge in [-0.05, 0) is 13.3 Å². The van der Waals surface area contributed by atoms with E-state index in [-0.39, 0.29) is 5.91 Å².